The third-order valence-corrected chi connectivity index (χ3v) is 5.23. The van der Waals surface area contributed by atoms with E-state index in [4.69, 9.17) is 5.14 Å². The first-order chi connectivity index (χ1) is 9.93. The summed E-state index contributed by atoms with van der Waals surface area (Å²) in [5, 5.41) is 14.6. The molecule has 0 saturated heterocycles. The predicted octanol–water partition coefficient (Wildman–Crippen LogP) is 2.52. The van der Waals surface area contributed by atoms with Crippen LogP contribution < -0.4 is 5.14 Å². The minimum absolute atomic E-state index is 0.193. The van der Waals surface area contributed by atoms with Crippen molar-refractivity contribution in [2.75, 3.05) is 6.61 Å². The van der Waals surface area contributed by atoms with Crippen LogP contribution in [-0.4, -0.2) is 20.1 Å². The van der Waals surface area contributed by atoms with E-state index in [1.807, 2.05) is 0 Å². The second-order valence-electron chi connectivity index (χ2n) is 5.82. The molecule has 4 nitrogen and oxygen atoms in total. The van der Waals surface area contributed by atoms with Crippen LogP contribution in [0.25, 0.3) is 0 Å². The van der Waals surface area contributed by atoms with Crippen molar-refractivity contribution in [3.63, 3.8) is 0 Å². The number of sulfonamides is 1. The van der Waals surface area contributed by atoms with E-state index in [0.29, 0.717) is 12.3 Å². The molecule has 1 aliphatic carbocycles. The maximum Gasteiger partial charge on any atom is 0.240 e. The van der Waals surface area contributed by atoms with Gasteiger partial charge in [0.1, 0.15) is 10.7 Å². The molecular weight excluding hydrogens is 293 g/mol. The summed E-state index contributed by atoms with van der Waals surface area (Å²) in [6.45, 7) is -0.193. The highest BCUT2D eigenvalue weighted by atomic mass is 32.2. The quantitative estimate of drug-likeness (QED) is 0.876. The highest BCUT2D eigenvalue weighted by molar-refractivity contribution is 7.89. The summed E-state index contributed by atoms with van der Waals surface area (Å²) < 4.78 is 37.2. The standard InChI is InChI=1S/C15H22FNO3S/c16-15-13(7-4-8-14(15)21(17,19)20)12(10-18)9-11-5-2-1-3-6-11/h4,7-8,11-12,18H,1-3,5-6,9-10H2,(H2,17,19,20)/t12-/m1/s1. The van der Waals surface area contributed by atoms with Crippen LogP contribution in [0, 0.1) is 11.7 Å². The van der Waals surface area contributed by atoms with E-state index in [1.165, 1.54) is 31.4 Å². The Morgan fingerprint density at radius 3 is 2.52 bits per heavy atom. The molecule has 0 spiro atoms. The van der Waals surface area contributed by atoms with E-state index < -0.39 is 20.7 Å². The summed E-state index contributed by atoms with van der Waals surface area (Å²) >= 11 is 0. The van der Waals surface area contributed by atoms with Gasteiger partial charge in [-0.15, -0.1) is 0 Å². The van der Waals surface area contributed by atoms with Gasteiger partial charge in [-0.05, 0) is 24.0 Å². The first-order valence-electron chi connectivity index (χ1n) is 7.35. The lowest BCUT2D eigenvalue weighted by Crippen LogP contribution is -2.18. The fourth-order valence-electron chi connectivity index (χ4n) is 3.19. The lowest BCUT2D eigenvalue weighted by atomic mass is 9.81. The van der Waals surface area contributed by atoms with Crippen LogP contribution in [-0.2, 0) is 10.0 Å². The fraction of sp³-hybridized carbons (Fsp3) is 0.600. The van der Waals surface area contributed by atoms with Gasteiger partial charge in [-0.3, -0.25) is 0 Å². The number of hydrogen-bond donors (Lipinski definition) is 2. The van der Waals surface area contributed by atoms with Crippen molar-refractivity contribution in [2.45, 2.75) is 49.3 Å². The largest absolute Gasteiger partial charge is 0.396 e. The van der Waals surface area contributed by atoms with E-state index in [9.17, 15) is 17.9 Å². The molecule has 1 aliphatic rings. The van der Waals surface area contributed by atoms with Crippen molar-refractivity contribution in [1.82, 2.24) is 0 Å². The van der Waals surface area contributed by atoms with E-state index in [1.54, 1.807) is 0 Å². The zero-order chi connectivity index (χ0) is 15.5. The van der Waals surface area contributed by atoms with Crippen LogP contribution >= 0.6 is 0 Å². The molecule has 3 N–H and O–H groups in total. The first kappa shape index (κ1) is 16.4. The van der Waals surface area contributed by atoms with Crippen LogP contribution in [0.5, 0.6) is 0 Å². The monoisotopic (exact) mass is 315 g/mol. The molecule has 1 saturated carbocycles. The number of benzene rings is 1. The SMILES string of the molecule is NS(=O)(=O)c1cccc([C@@H](CO)CC2CCCCC2)c1F. The second kappa shape index (κ2) is 6.85. The summed E-state index contributed by atoms with van der Waals surface area (Å²) in [6, 6.07) is 4.17. The van der Waals surface area contributed by atoms with Crippen molar-refractivity contribution < 1.29 is 17.9 Å². The van der Waals surface area contributed by atoms with E-state index in [-0.39, 0.29) is 18.1 Å². The van der Waals surface area contributed by atoms with Gasteiger partial charge in [0.25, 0.3) is 0 Å². The summed E-state index contributed by atoms with van der Waals surface area (Å²) in [5.41, 5.74) is 0.245. The predicted molar refractivity (Wildman–Crippen MR) is 78.8 cm³/mol. The summed E-state index contributed by atoms with van der Waals surface area (Å²) in [7, 11) is -4.09. The Bertz CT molecular complexity index is 583. The van der Waals surface area contributed by atoms with Gasteiger partial charge in [0.2, 0.25) is 10.0 Å². The number of aliphatic hydroxyl groups is 1. The minimum atomic E-state index is -4.09. The average Bonchev–Trinajstić information content (AvgIpc) is 2.45. The molecule has 6 heteroatoms. The van der Waals surface area contributed by atoms with Gasteiger partial charge in [-0.2, -0.15) is 0 Å². The number of halogens is 1. The van der Waals surface area contributed by atoms with Gasteiger partial charge in [-0.1, -0.05) is 44.2 Å². The summed E-state index contributed by atoms with van der Waals surface area (Å²) in [4.78, 5) is -0.498. The molecule has 0 aliphatic heterocycles. The molecule has 118 valence electrons. The van der Waals surface area contributed by atoms with E-state index in [0.717, 1.165) is 18.9 Å². The van der Waals surface area contributed by atoms with Crippen LogP contribution in [0.4, 0.5) is 4.39 Å². The molecule has 1 aromatic rings. The third-order valence-electron chi connectivity index (χ3n) is 4.30. The van der Waals surface area contributed by atoms with Gasteiger partial charge in [0.05, 0.1) is 6.61 Å². The number of rotatable bonds is 5. The van der Waals surface area contributed by atoms with Gasteiger partial charge < -0.3 is 5.11 Å². The molecule has 0 amide bonds. The molecule has 0 aromatic heterocycles. The summed E-state index contributed by atoms with van der Waals surface area (Å²) in [6.07, 6.45) is 6.43. The van der Waals surface area contributed by atoms with Gasteiger partial charge in [0.15, 0.2) is 0 Å². The Morgan fingerprint density at radius 1 is 1.29 bits per heavy atom. The molecule has 0 radical (unpaired) electrons. The van der Waals surface area contributed by atoms with Crippen LogP contribution in [0.15, 0.2) is 23.1 Å². The Balaban J connectivity index is 2.25. The van der Waals surface area contributed by atoms with Crippen LogP contribution in [0.3, 0.4) is 0 Å². The Labute approximate surface area is 125 Å². The molecular formula is C15H22FNO3S. The lowest BCUT2D eigenvalue weighted by molar-refractivity contribution is 0.223. The molecule has 0 bridgehead atoms. The number of aliphatic hydroxyl groups excluding tert-OH is 1. The molecule has 1 fully saturated rings. The van der Waals surface area contributed by atoms with Crippen LogP contribution in [0.1, 0.15) is 50.0 Å². The highest BCUT2D eigenvalue weighted by Gasteiger charge is 2.25. The molecule has 1 atom stereocenters. The zero-order valence-corrected chi connectivity index (χ0v) is 12.8. The third kappa shape index (κ3) is 4.02. The van der Waals surface area contributed by atoms with Crippen molar-refractivity contribution in [3.05, 3.63) is 29.6 Å². The normalized spacial score (nSPS) is 18.6. The van der Waals surface area contributed by atoms with E-state index >= 15 is 0 Å². The van der Waals surface area contributed by atoms with Gasteiger partial charge >= 0.3 is 0 Å². The van der Waals surface area contributed by atoms with Crippen molar-refractivity contribution in [3.8, 4) is 0 Å². The maximum atomic E-state index is 14.4. The second-order valence-corrected chi connectivity index (χ2v) is 7.35. The Hall–Kier alpha value is -0.980. The molecule has 0 unspecified atom stereocenters. The van der Waals surface area contributed by atoms with Gasteiger partial charge in [0, 0.05) is 5.92 Å². The minimum Gasteiger partial charge on any atom is -0.396 e. The number of primary sulfonamides is 1. The Kier molecular flexibility index (Phi) is 5.35. The Morgan fingerprint density at radius 2 is 1.95 bits per heavy atom. The average molecular weight is 315 g/mol. The zero-order valence-electron chi connectivity index (χ0n) is 12.0. The summed E-state index contributed by atoms with van der Waals surface area (Å²) in [5.74, 6) is -0.738. The maximum absolute atomic E-state index is 14.4. The number of nitrogens with two attached hydrogens (primary N) is 1. The van der Waals surface area contributed by atoms with Crippen molar-refractivity contribution >= 4 is 10.0 Å². The lowest BCUT2D eigenvalue weighted by Gasteiger charge is -2.26. The van der Waals surface area contributed by atoms with Crippen molar-refractivity contribution in [1.29, 1.82) is 0 Å². The van der Waals surface area contributed by atoms with Gasteiger partial charge in [-0.25, -0.2) is 17.9 Å². The molecule has 1 aromatic carbocycles. The fourth-order valence-corrected chi connectivity index (χ4v) is 3.82. The molecule has 21 heavy (non-hydrogen) atoms. The highest BCUT2D eigenvalue weighted by Crippen LogP contribution is 2.34. The number of hydrogen-bond acceptors (Lipinski definition) is 3. The van der Waals surface area contributed by atoms with Crippen LogP contribution in [0.2, 0.25) is 0 Å². The topological polar surface area (TPSA) is 80.4 Å². The first-order valence-corrected chi connectivity index (χ1v) is 8.90. The van der Waals surface area contributed by atoms with Crippen molar-refractivity contribution in [2.24, 2.45) is 11.1 Å². The molecule has 2 rings (SSSR count). The van der Waals surface area contributed by atoms with E-state index in [2.05, 4.69) is 0 Å². The molecule has 0 heterocycles. The smallest absolute Gasteiger partial charge is 0.240 e.